The molecule has 7 nitrogen and oxygen atoms in total. The summed E-state index contributed by atoms with van der Waals surface area (Å²) in [6.45, 7) is 7.10. The third-order valence-corrected chi connectivity index (χ3v) is 2.89. The molecule has 2 N–H and O–H groups in total. The van der Waals surface area contributed by atoms with E-state index in [4.69, 9.17) is 13.9 Å². The van der Waals surface area contributed by atoms with Crippen molar-refractivity contribution < 1.29 is 13.9 Å². The molecule has 128 valence electrons. The number of hydrogen-bond donors (Lipinski definition) is 2. The lowest BCUT2D eigenvalue weighted by Gasteiger charge is -2.10. The van der Waals surface area contributed by atoms with Crippen molar-refractivity contribution >= 4 is 29.9 Å². The van der Waals surface area contributed by atoms with Gasteiger partial charge in [-0.3, -0.25) is 4.99 Å². The zero-order valence-corrected chi connectivity index (χ0v) is 16.1. The minimum absolute atomic E-state index is 0. The Morgan fingerprint density at radius 1 is 1.23 bits per heavy atom. The number of aliphatic imine (C=N–C) groups is 1. The largest absolute Gasteiger partial charge is 0.444 e. The molecule has 0 bridgehead atoms. The van der Waals surface area contributed by atoms with Gasteiger partial charge in [0.15, 0.2) is 5.96 Å². The molecule has 0 saturated carbocycles. The van der Waals surface area contributed by atoms with Crippen LogP contribution in [0, 0.1) is 13.8 Å². The number of rotatable bonds is 9. The van der Waals surface area contributed by atoms with Crippen molar-refractivity contribution in [2.75, 3.05) is 40.5 Å². The molecule has 1 rings (SSSR count). The van der Waals surface area contributed by atoms with Crippen molar-refractivity contribution in [1.29, 1.82) is 0 Å². The van der Waals surface area contributed by atoms with Crippen molar-refractivity contribution in [3.05, 3.63) is 17.3 Å². The van der Waals surface area contributed by atoms with Gasteiger partial charge in [-0.1, -0.05) is 0 Å². The maximum atomic E-state index is 5.50. The fraction of sp³-hybridized carbons (Fsp3) is 0.714. The normalized spacial score (nSPS) is 11.2. The first-order valence-corrected chi connectivity index (χ1v) is 7.11. The molecule has 1 aromatic rings. The summed E-state index contributed by atoms with van der Waals surface area (Å²) in [6.07, 6.45) is 0.904. The molecule has 0 fully saturated rings. The average molecular weight is 426 g/mol. The van der Waals surface area contributed by atoms with Crippen LogP contribution in [0.4, 0.5) is 0 Å². The Bertz CT molecular complexity index is 418. The molecule has 0 aliphatic carbocycles. The van der Waals surface area contributed by atoms with Gasteiger partial charge >= 0.3 is 0 Å². The lowest BCUT2D eigenvalue weighted by molar-refractivity contribution is 0.0698. The van der Waals surface area contributed by atoms with Crippen LogP contribution in [0.5, 0.6) is 0 Å². The fourth-order valence-electron chi connectivity index (χ4n) is 1.62. The first-order valence-electron chi connectivity index (χ1n) is 7.11. The summed E-state index contributed by atoms with van der Waals surface area (Å²) in [5, 5.41) is 6.37. The summed E-state index contributed by atoms with van der Waals surface area (Å²) >= 11 is 0. The Kier molecular flexibility index (Phi) is 12.2. The SMILES string of the molecule is CN=C(NCCCOCCOC)NCc1nc(C)c(C)o1.I. The highest BCUT2D eigenvalue weighted by Crippen LogP contribution is 2.07. The Morgan fingerprint density at radius 3 is 2.59 bits per heavy atom. The van der Waals surface area contributed by atoms with Crippen molar-refractivity contribution in [2.24, 2.45) is 4.99 Å². The van der Waals surface area contributed by atoms with E-state index >= 15 is 0 Å². The fourth-order valence-corrected chi connectivity index (χ4v) is 1.62. The second-order valence-corrected chi connectivity index (χ2v) is 4.56. The van der Waals surface area contributed by atoms with E-state index < -0.39 is 0 Å². The van der Waals surface area contributed by atoms with Gasteiger partial charge in [0.1, 0.15) is 5.76 Å². The van der Waals surface area contributed by atoms with E-state index in [0.29, 0.717) is 32.3 Å². The molecule has 0 aliphatic rings. The number of oxazole rings is 1. The molecule has 8 heteroatoms. The van der Waals surface area contributed by atoms with Gasteiger partial charge in [0.2, 0.25) is 5.89 Å². The number of guanidine groups is 1. The minimum atomic E-state index is 0. The average Bonchev–Trinajstić information content (AvgIpc) is 2.80. The number of halogens is 1. The summed E-state index contributed by atoms with van der Waals surface area (Å²) in [7, 11) is 3.40. The number of ether oxygens (including phenoxy) is 2. The predicted molar refractivity (Wildman–Crippen MR) is 96.9 cm³/mol. The number of nitrogens with zero attached hydrogens (tertiary/aromatic N) is 2. The summed E-state index contributed by atoms with van der Waals surface area (Å²) in [5.41, 5.74) is 0.919. The van der Waals surface area contributed by atoms with Crippen LogP contribution in [0.15, 0.2) is 9.41 Å². The van der Waals surface area contributed by atoms with Crippen molar-refractivity contribution in [1.82, 2.24) is 15.6 Å². The van der Waals surface area contributed by atoms with Gasteiger partial charge in [-0.15, -0.1) is 24.0 Å². The van der Waals surface area contributed by atoms with Crippen LogP contribution < -0.4 is 10.6 Å². The third kappa shape index (κ3) is 8.54. The van der Waals surface area contributed by atoms with Crippen LogP contribution in [0.1, 0.15) is 23.8 Å². The standard InChI is InChI=1S/C14H26N4O3.HI/c1-11-12(2)21-13(18-11)10-17-14(15-3)16-6-5-7-20-9-8-19-4;/h5-10H2,1-4H3,(H2,15,16,17);1H. The van der Waals surface area contributed by atoms with Gasteiger partial charge in [0.25, 0.3) is 0 Å². The van der Waals surface area contributed by atoms with Crippen LogP contribution in [-0.4, -0.2) is 51.5 Å². The summed E-state index contributed by atoms with van der Waals surface area (Å²) in [6, 6.07) is 0. The number of nitrogens with one attached hydrogen (secondary N) is 2. The van der Waals surface area contributed by atoms with Crippen LogP contribution >= 0.6 is 24.0 Å². The minimum Gasteiger partial charge on any atom is -0.444 e. The molecule has 0 atom stereocenters. The number of methoxy groups -OCH3 is 1. The van der Waals surface area contributed by atoms with E-state index in [0.717, 1.165) is 30.4 Å². The number of aryl methyl sites for hydroxylation is 2. The molecule has 1 aromatic heterocycles. The monoisotopic (exact) mass is 426 g/mol. The molecule has 22 heavy (non-hydrogen) atoms. The van der Waals surface area contributed by atoms with Gasteiger partial charge in [-0.25, -0.2) is 4.98 Å². The molecule has 0 radical (unpaired) electrons. The van der Waals surface area contributed by atoms with E-state index in [1.807, 2.05) is 13.8 Å². The van der Waals surface area contributed by atoms with E-state index in [9.17, 15) is 0 Å². The number of hydrogen-bond acceptors (Lipinski definition) is 5. The molecule has 1 heterocycles. The van der Waals surface area contributed by atoms with Crippen LogP contribution in [0.25, 0.3) is 0 Å². The summed E-state index contributed by atoms with van der Waals surface area (Å²) in [5.74, 6) is 2.24. The zero-order chi connectivity index (χ0) is 15.5. The molecule has 0 spiro atoms. The Balaban J connectivity index is 0.00000441. The van der Waals surface area contributed by atoms with Gasteiger partial charge in [0.05, 0.1) is 25.5 Å². The van der Waals surface area contributed by atoms with Gasteiger partial charge in [0, 0.05) is 27.3 Å². The smallest absolute Gasteiger partial charge is 0.214 e. The molecule has 0 aliphatic heterocycles. The van der Waals surface area contributed by atoms with E-state index in [-0.39, 0.29) is 24.0 Å². The van der Waals surface area contributed by atoms with E-state index in [2.05, 4.69) is 20.6 Å². The maximum absolute atomic E-state index is 5.50. The summed E-state index contributed by atoms with van der Waals surface area (Å²) in [4.78, 5) is 8.45. The molecule has 0 unspecified atom stereocenters. The lowest BCUT2D eigenvalue weighted by Crippen LogP contribution is -2.37. The van der Waals surface area contributed by atoms with Gasteiger partial charge in [-0.2, -0.15) is 0 Å². The second-order valence-electron chi connectivity index (χ2n) is 4.56. The van der Waals surface area contributed by atoms with Gasteiger partial charge < -0.3 is 24.5 Å². The van der Waals surface area contributed by atoms with Crippen LogP contribution in [-0.2, 0) is 16.0 Å². The highest BCUT2D eigenvalue weighted by atomic mass is 127. The highest BCUT2D eigenvalue weighted by Gasteiger charge is 2.06. The molecule has 0 amide bonds. The zero-order valence-electron chi connectivity index (χ0n) is 13.8. The quantitative estimate of drug-likeness (QED) is 0.271. The summed E-state index contributed by atoms with van der Waals surface area (Å²) < 4.78 is 15.8. The topological polar surface area (TPSA) is 80.9 Å². The van der Waals surface area contributed by atoms with Crippen LogP contribution in [0.2, 0.25) is 0 Å². The van der Waals surface area contributed by atoms with Gasteiger partial charge in [-0.05, 0) is 20.3 Å². The molecular weight excluding hydrogens is 399 g/mol. The lowest BCUT2D eigenvalue weighted by atomic mass is 10.4. The van der Waals surface area contributed by atoms with E-state index in [1.54, 1.807) is 14.2 Å². The second kappa shape index (κ2) is 12.7. The Morgan fingerprint density at radius 2 is 2.00 bits per heavy atom. The molecular formula is C14H27IN4O3. The Hall–Kier alpha value is -0.870. The van der Waals surface area contributed by atoms with Crippen molar-refractivity contribution in [3.63, 3.8) is 0 Å². The maximum Gasteiger partial charge on any atom is 0.214 e. The molecule has 0 saturated heterocycles. The first kappa shape index (κ1) is 21.1. The number of aromatic nitrogens is 1. The van der Waals surface area contributed by atoms with Crippen molar-refractivity contribution in [2.45, 2.75) is 26.8 Å². The molecule has 0 aromatic carbocycles. The van der Waals surface area contributed by atoms with E-state index in [1.165, 1.54) is 0 Å². The first-order chi connectivity index (χ1) is 10.2. The van der Waals surface area contributed by atoms with Crippen LogP contribution in [0.3, 0.4) is 0 Å². The predicted octanol–water partition coefficient (Wildman–Crippen LogP) is 1.63. The Labute approximate surface area is 149 Å². The van der Waals surface area contributed by atoms with Crippen molar-refractivity contribution in [3.8, 4) is 0 Å². The highest BCUT2D eigenvalue weighted by molar-refractivity contribution is 14.0. The third-order valence-electron chi connectivity index (χ3n) is 2.89.